The van der Waals surface area contributed by atoms with Crippen LogP contribution in [0, 0.1) is 0 Å². The van der Waals surface area contributed by atoms with Crippen molar-refractivity contribution >= 4 is 11.6 Å². The number of amides is 1. The van der Waals surface area contributed by atoms with Crippen LogP contribution in [0.2, 0.25) is 0 Å². The average Bonchev–Trinajstić information content (AvgIpc) is 3.07. The molecule has 1 N–H and O–H groups in total. The lowest BCUT2D eigenvalue weighted by atomic mass is 10.1. The minimum absolute atomic E-state index is 0.0860. The van der Waals surface area contributed by atoms with Crippen molar-refractivity contribution in [2.24, 2.45) is 0 Å². The highest BCUT2D eigenvalue weighted by atomic mass is 16.5. The minimum Gasteiger partial charge on any atom is -0.385 e. The van der Waals surface area contributed by atoms with Gasteiger partial charge in [-0.25, -0.2) is 0 Å². The van der Waals surface area contributed by atoms with E-state index in [4.69, 9.17) is 9.47 Å². The SMILES string of the molecule is C[C@@H]1CN(C(=O)c2ccc(NCC[C@@H]3CCCO3)cc2)C[C@@H](C)O1. The third-order valence-electron chi connectivity index (χ3n) is 4.66. The van der Waals surface area contributed by atoms with Crippen LogP contribution in [-0.2, 0) is 9.47 Å². The summed E-state index contributed by atoms with van der Waals surface area (Å²) < 4.78 is 11.3. The van der Waals surface area contributed by atoms with Crippen molar-refractivity contribution in [1.82, 2.24) is 4.90 Å². The highest BCUT2D eigenvalue weighted by Crippen LogP contribution is 2.18. The van der Waals surface area contributed by atoms with Gasteiger partial charge in [-0.2, -0.15) is 0 Å². The van der Waals surface area contributed by atoms with Gasteiger partial charge in [-0.1, -0.05) is 0 Å². The highest BCUT2D eigenvalue weighted by Gasteiger charge is 2.26. The van der Waals surface area contributed by atoms with Crippen LogP contribution in [0.25, 0.3) is 0 Å². The van der Waals surface area contributed by atoms with Gasteiger partial charge >= 0.3 is 0 Å². The Kier molecular flexibility index (Phi) is 5.74. The number of hydrogen-bond acceptors (Lipinski definition) is 4. The maximum absolute atomic E-state index is 12.6. The maximum Gasteiger partial charge on any atom is 0.254 e. The largest absolute Gasteiger partial charge is 0.385 e. The molecular formula is C19H28N2O3. The van der Waals surface area contributed by atoms with E-state index in [-0.39, 0.29) is 18.1 Å². The zero-order valence-corrected chi connectivity index (χ0v) is 14.7. The molecule has 3 rings (SSSR count). The topological polar surface area (TPSA) is 50.8 Å². The molecule has 0 spiro atoms. The lowest BCUT2D eigenvalue weighted by Crippen LogP contribution is -2.48. The summed E-state index contributed by atoms with van der Waals surface area (Å²) in [5, 5.41) is 3.41. The zero-order valence-electron chi connectivity index (χ0n) is 14.7. The Bertz CT molecular complexity index is 530. The molecule has 0 aromatic heterocycles. The Morgan fingerprint density at radius 3 is 2.54 bits per heavy atom. The van der Waals surface area contributed by atoms with Crippen LogP contribution in [0.4, 0.5) is 5.69 Å². The summed E-state index contributed by atoms with van der Waals surface area (Å²) in [4.78, 5) is 14.5. The number of ether oxygens (including phenoxy) is 2. The first-order valence-electron chi connectivity index (χ1n) is 9.02. The second-order valence-electron chi connectivity index (χ2n) is 6.90. The van der Waals surface area contributed by atoms with Crippen molar-refractivity contribution in [2.75, 3.05) is 31.6 Å². The van der Waals surface area contributed by atoms with Crippen molar-refractivity contribution < 1.29 is 14.3 Å². The zero-order chi connectivity index (χ0) is 16.9. The van der Waals surface area contributed by atoms with Gasteiger partial charge in [-0.3, -0.25) is 4.79 Å². The van der Waals surface area contributed by atoms with Crippen molar-refractivity contribution in [3.8, 4) is 0 Å². The molecule has 2 saturated heterocycles. The van der Waals surface area contributed by atoms with E-state index in [1.165, 1.54) is 12.8 Å². The molecule has 0 radical (unpaired) electrons. The van der Waals surface area contributed by atoms with E-state index in [1.807, 2.05) is 43.0 Å². The molecule has 5 nitrogen and oxygen atoms in total. The van der Waals surface area contributed by atoms with E-state index in [2.05, 4.69) is 5.32 Å². The molecule has 1 aromatic rings. The van der Waals surface area contributed by atoms with Crippen molar-refractivity contribution in [2.45, 2.75) is 51.4 Å². The predicted octanol–water partition coefficient (Wildman–Crippen LogP) is 2.92. The van der Waals surface area contributed by atoms with E-state index in [1.54, 1.807) is 0 Å². The fourth-order valence-electron chi connectivity index (χ4n) is 3.51. The summed E-state index contributed by atoms with van der Waals surface area (Å²) in [5.74, 6) is 0.0860. The molecule has 2 heterocycles. The van der Waals surface area contributed by atoms with Crippen LogP contribution in [0.15, 0.2) is 24.3 Å². The predicted molar refractivity (Wildman–Crippen MR) is 94.4 cm³/mol. The lowest BCUT2D eigenvalue weighted by Gasteiger charge is -2.35. The molecule has 0 unspecified atom stereocenters. The smallest absolute Gasteiger partial charge is 0.254 e. The summed E-state index contributed by atoms with van der Waals surface area (Å²) in [5.41, 5.74) is 1.79. The quantitative estimate of drug-likeness (QED) is 0.901. The first-order valence-corrected chi connectivity index (χ1v) is 9.02. The molecule has 0 bridgehead atoms. The van der Waals surface area contributed by atoms with Crippen molar-refractivity contribution in [3.63, 3.8) is 0 Å². The van der Waals surface area contributed by atoms with Gasteiger partial charge in [0.1, 0.15) is 0 Å². The monoisotopic (exact) mass is 332 g/mol. The van der Waals surface area contributed by atoms with Gasteiger partial charge in [0.15, 0.2) is 0 Å². The van der Waals surface area contributed by atoms with Crippen molar-refractivity contribution in [1.29, 1.82) is 0 Å². The number of benzene rings is 1. The normalized spacial score (nSPS) is 27.2. The number of morpholine rings is 1. The number of carbonyl (C=O) groups is 1. The fraction of sp³-hybridized carbons (Fsp3) is 0.632. The van der Waals surface area contributed by atoms with Gasteiger partial charge in [0.05, 0.1) is 18.3 Å². The number of carbonyl (C=O) groups excluding carboxylic acids is 1. The van der Waals surface area contributed by atoms with Crippen LogP contribution < -0.4 is 5.32 Å². The van der Waals surface area contributed by atoms with Crippen LogP contribution in [0.5, 0.6) is 0 Å². The Hall–Kier alpha value is -1.59. The minimum atomic E-state index is 0.0860. The van der Waals surface area contributed by atoms with E-state index in [0.717, 1.165) is 30.8 Å². The molecular weight excluding hydrogens is 304 g/mol. The van der Waals surface area contributed by atoms with Crippen LogP contribution in [-0.4, -0.2) is 55.4 Å². The molecule has 3 atom stereocenters. The Morgan fingerprint density at radius 2 is 1.92 bits per heavy atom. The molecule has 2 aliphatic heterocycles. The standard InChI is InChI=1S/C19H28N2O3/c1-14-12-21(13-15(2)24-14)19(22)16-5-7-17(8-6-16)20-10-9-18-4-3-11-23-18/h5-8,14-15,18,20H,3-4,9-13H2,1-2H3/t14-,15-,18+/m1/s1. The molecule has 1 aromatic carbocycles. The third-order valence-corrected chi connectivity index (χ3v) is 4.66. The first-order chi connectivity index (χ1) is 11.6. The Balaban J connectivity index is 1.50. The molecule has 1 amide bonds. The van der Waals surface area contributed by atoms with E-state index in [9.17, 15) is 4.79 Å². The van der Waals surface area contributed by atoms with Gasteiger partial charge in [0.2, 0.25) is 0 Å². The number of anilines is 1. The number of rotatable bonds is 5. The molecule has 24 heavy (non-hydrogen) atoms. The average molecular weight is 332 g/mol. The summed E-state index contributed by atoms with van der Waals surface area (Å²) in [6.45, 7) is 7.14. The molecule has 0 saturated carbocycles. The van der Waals surface area contributed by atoms with Gasteiger partial charge in [-0.05, 0) is 57.4 Å². The van der Waals surface area contributed by atoms with E-state index < -0.39 is 0 Å². The van der Waals surface area contributed by atoms with Crippen LogP contribution in [0.1, 0.15) is 43.5 Å². The molecule has 5 heteroatoms. The fourth-order valence-corrected chi connectivity index (χ4v) is 3.51. The number of nitrogens with one attached hydrogen (secondary N) is 1. The summed E-state index contributed by atoms with van der Waals surface area (Å²) in [7, 11) is 0. The molecule has 0 aliphatic carbocycles. The second-order valence-corrected chi connectivity index (χ2v) is 6.90. The first kappa shape index (κ1) is 17.2. The van der Waals surface area contributed by atoms with E-state index in [0.29, 0.717) is 19.2 Å². The molecule has 132 valence electrons. The maximum atomic E-state index is 12.6. The van der Waals surface area contributed by atoms with Gasteiger partial charge in [0.25, 0.3) is 5.91 Å². The highest BCUT2D eigenvalue weighted by molar-refractivity contribution is 5.94. The van der Waals surface area contributed by atoms with Crippen LogP contribution in [0.3, 0.4) is 0 Å². The van der Waals surface area contributed by atoms with E-state index >= 15 is 0 Å². The van der Waals surface area contributed by atoms with Gasteiger partial charge in [-0.15, -0.1) is 0 Å². The van der Waals surface area contributed by atoms with Crippen molar-refractivity contribution in [3.05, 3.63) is 29.8 Å². The summed E-state index contributed by atoms with van der Waals surface area (Å²) >= 11 is 0. The Labute approximate surface area is 144 Å². The summed E-state index contributed by atoms with van der Waals surface area (Å²) in [6, 6.07) is 7.77. The third kappa shape index (κ3) is 4.48. The van der Waals surface area contributed by atoms with Gasteiger partial charge < -0.3 is 19.7 Å². The number of hydrogen-bond donors (Lipinski definition) is 1. The lowest BCUT2D eigenvalue weighted by molar-refractivity contribution is -0.0586. The van der Waals surface area contributed by atoms with Crippen LogP contribution >= 0.6 is 0 Å². The Morgan fingerprint density at radius 1 is 1.21 bits per heavy atom. The summed E-state index contributed by atoms with van der Waals surface area (Å²) in [6.07, 6.45) is 3.98. The molecule has 2 fully saturated rings. The molecule has 2 aliphatic rings. The second kappa shape index (κ2) is 7.99. The number of nitrogens with zero attached hydrogens (tertiary/aromatic N) is 1. The van der Waals surface area contributed by atoms with Gasteiger partial charge in [0, 0.05) is 37.5 Å².